The fourth-order valence-corrected chi connectivity index (χ4v) is 5.88. The second-order valence-corrected chi connectivity index (χ2v) is 9.92. The molecular weight excluding hydrogens is 450 g/mol. The van der Waals surface area contributed by atoms with Gasteiger partial charge in [0.2, 0.25) is 5.43 Å². The zero-order valence-corrected chi connectivity index (χ0v) is 19.7. The van der Waals surface area contributed by atoms with Crippen molar-refractivity contribution in [2.75, 3.05) is 44.3 Å². The molecule has 0 spiro atoms. The summed E-state index contributed by atoms with van der Waals surface area (Å²) in [6.45, 7) is 4.02. The van der Waals surface area contributed by atoms with Gasteiger partial charge >= 0.3 is 0 Å². The predicted molar refractivity (Wildman–Crippen MR) is 135 cm³/mol. The second-order valence-electron chi connectivity index (χ2n) is 8.89. The number of amides is 1. The molecule has 34 heavy (non-hydrogen) atoms. The Labute approximate surface area is 200 Å². The van der Waals surface area contributed by atoms with Crippen LogP contribution >= 0.6 is 11.3 Å². The summed E-state index contributed by atoms with van der Waals surface area (Å²) < 4.78 is 8.46. The number of morpholine rings is 1. The molecule has 2 aliphatic rings. The van der Waals surface area contributed by atoms with Crippen LogP contribution in [0, 0.1) is 0 Å². The minimum atomic E-state index is -0.330. The van der Waals surface area contributed by atoms with Gasteiger partial charge in [-0.05, 0) is 37.1 Å². The molecule has 4 aromatic rings. The highest BCUT2D eigenvalue weighted by atomic mass is 32.1. The van der Waals surface area contributed by atoms with E-state index in [1.165, 1.54) is 30.6 Å². The molecule has 4 heterocycles. The van der Waals surface area contributed by atoms with Gasteiger partial charge in [0, 0.05) is 32.2 Å². The summed E-state index contributed by atoms with van der Waals surface area (Å²) in [6, 6.07) is 12.2. The van der Waals surface area contributed by atoms with E-state index in [2.05, 4.69) is 15.5 Å². The van der Waals surface area contributed by atoms with Crippen LogP contribution in [0.15, 0.2) is 41.2 Å². The maximum Gasteiger partial charge on any atom is 0.258 e. The number of carbonyl (C=O) groups excluding carboxylic acids is 1. The van der Waals surface area contributed by atoms with Crippen LogP contribution in [0.3, 0.4) is 0 Å². The summed E-state index contributed by atoms with van der Waals surface area (Å²) >= 11 is 1.46. The van der Waals surface area contributed by atoms with Crippen molar-refractivity contribution in [2.24, 2.45) is 0 Å². The van der Waals surface area contributed by atoms with Gasteiger partial charge in [0.1, 0.15) is 16.2 Å². The van der Waals surface area contributed by atoms with Crippen LogP contribution in [0.25, 0.3) is 26.1 Å². The summed E-state index contributed by atoms with van der Waals surface area (Å²) in [7, 11) is 0. The summed E-state index contributed by atoms with van der Waals surface area (Å²) in [4.78, 5) is 34.6. The molecule has 6 rings (SSSR count). The average Bonchev–Trinajstić information content (AvgIpc) is 3.22. The number of thiazole rings is 1. The lowest BCUT2D eigenvalue weighted by Crippen LogP contribution is -2.41. The molecule has 0 atom stereocenters. The van der Waals surface area contributed by atoms with Crippen LogP contribution in [0.1, 0.15) is 29.6 Å². The summed E-state index contributed by atoms with van der Waals surface area (Å²) in [5.41, 5.74) is 1.45. The summed E-state index contributed by atoms with van der Waals surface area (Å²) in [5.74, 6) is 0.488. The number of hydrogen-bond donors (Lipinski definition) is 2. The Balaban J connectivity index is 1.44. The Morgan fingerprint density at radius 2 is 1.94 bits per heavy atom. The van der Waals surface area contributed by atoms with Crippen molar-refractivity contribution in [3.8, 4) is 0 Å². The highest BCUT2D eigenvalue weighted by Gasteiger charge is 2.24. The molecule has 1 amide bonds. The molecule has 1 aliphatic carbocycles. The van der Waals surface area contributed by atoms with E-state index in [9.17, 15) is 9.59 Å². The van der Waals surface area contributed by atoms with Crippen LogP contribution in [0.5, 0.6) is 0 Å². The number of pyridine rings is 2. The van der Waals surface area contributed by atoms with Crippen molar-refractivity contribution >= 4 is 49.1 Å². The summed E-state index contributed by atoms with van der Waals surface area (Å²) in [5, 5.41) is 6.86. The van der Waals surface area contributed by atoms with Crippen molar-refractivity contribution in [3.05, 3.63) is 52.2 Å². The highest BCUT2D eigenvalue weighted by Crippen LogP contribution is 2.31. The molecule has 0 unspecified atom stereocenters. The lowest BCUT2D eigenvalue weighted by molar-refractivity contribution is 0.0953. The molecule has 2 N–H and O–H groups in total. The maximum absolute atomic E-state index is 13.6. The molecule has 1 saturated heterocycles. The van der Waals surface area contributed by atoms with Gasteiger partial charge < -0.3 is 20.3 Å². The zero-order chi connectivity index (χ0) is 23.1. The van der Waals surface area contributed by atoms with E-state index in [4.69, 9.17) is 9.72 Å². The monoisotopic (exact) mass is 477 g/mol. The first-order valence-corrected chi connectivity index (χ1v) is 12.7. The third-order valence-corrected chi connectivity index (χ3v) is 7.93. The molecule has 1 saturated carbocycles. The number of rotatable bonds is 6. The van der Waals surface area contributed by atoms with Crippen molar-refractivity contribution in [1.82, 2.24) is 20.0 Å². The second kappa shape index (κ2) is 8.98. The maximum atomic E-state index is 13.6. The molecule has 176 valence electrons. The number of carbonyl (C=O) groups is 1. The van der Waals surface area contributed by atoms with Crippen molar-refractivity contribution in [1.29, 1.82) is 0 Å². The fraction of sp³-hybridized carbons (Fsp3) is 0.400. The van der Waals surface area contributed by atoms with Gasteiger partial charge in [-0.2, -0.15) is 0 Å². The van der Waals surface area contributed by atoms with Crippen molar-refractivity contribution in [2.45, 2.75) is 25.3 Å². The van der Waals surface area contributed by atoms with E-state index < -0.39 is 0 Å². The molecule has 9 heteroatoms. The minimum Gasteiger partial charge on any atom is -0.378 e. The van der Waals surface area contributed by atoms with Gasteiger partial charge in [-0.15, -0.1) is 11.3 Å². The largest absolute Gasteiger partial charge is 0.378 e. The van der Waals surface area contributed by atoms with Gasteiger partial charge in [0.25, 0.3) is 5.91 Å². The molecule has 0 radical (unpaired) electrons. The Kier molecular flexibility index (Phi) is 5.68. The van der Waals surface area contributed by atoms with Crippen LogP contribution < -0.4 is 21.0 Å². The highest BCUT2D eigenvalue weighted by molar-refractivity contribution is 7.24. The molecule has 3 aromatic heterocycles. The minimum absolute atomic E-state index is 0.193. The molecule has 1 aromatic carbocycles. The normalized spacial score (nSPS) is 16.9. The third-order valence-electron chi connectivity index (χ3n) is 6.78. The number of nitrogens with zero attached hydrogens (tertiary/aromatic N) is 3. The smallest absolute Gasteiger partial charge is 0.258 e. The Hall–Kier alpha value is -3.01. The van der Waals surface area contributed by atoms with E-state index in [1.54, 1.807) is 0 Å². The lowest BCUT2D eigenvalue weighted by Gasteiger charge is -2.28. The van der Waals surface area contributed by atoms with Gasteiger partial charge in [-0.3, -0.25) is 14.0 Å². The average molecular weight is 478 g/mol. The molecule has 0 bridgehead atoms. The van der Waals surface area contributed by atoms with Crippen LogP contribution in [-0.4, -0.2) is 60.7 Å². The van der Waals surface area contributed by atoms with Crippen molar-refractivity contribution < 1.29 is 9.53 Å². The van der Waals surface area contributed by atoms with E-state index in [-0.39, 0.29) is 16.9 Å². The third kappa shape index (κ3) is 3.73. The first-order chi connectivity index (χ1) is 16.7. The standard InChI is InChI=1S/C25H27N5O3S/c31-22-17-8-9-20(29-12-14-33-15-13-29)28-23(17)30-18-6-1-2-7-19(18)34-25(30)21(22)24(32)27-11-10-26-16-4-3-5-16/h1-2,6-9,16,26H,3-5,10-15H2,(H,27,32). The lowest BCUT2D eigenvalue weighted by atomic mass is 9.93. The van der Waals surface area contributed by atoms with Crippen LogP contribution in [-0.2, 0) is 4.74 Å². The number of aromatic nitrogens is 2. The molecule has 8 nitrogen and oxygen atoms in total. The number of benzene rings is 1. The van der Waals surface area contributed by atoms with E-state index >= 15 is 0 Å². The number of nitrogens with one attached hydrogen (secondary N) is 2. The Morgan fingerprint density at radius 1 is 1.12 bits per heavy atom. The van der Waals surface area contributed by atoms with Gasteiger partial charge in [0.15, 0.2) is 5.65 Å². The van der Waals surface area contributed by atoms with E-state index in [0.29, 0.717) is 48.2 Å². The van der Waals surface area contributed by atoms with Gasteiger partial charge in [-0.25, -0.2) is 4.98 Å². The first kappa shape index (κ1) is 21.5. The molecular formula is C25H27N5O3S. The first-order valence-electron chi connectivity index (χ1n) is 11.9. The number of fused-ring (bicyclic) bond motifs is 5. The number of ether oxygens (including phenoxy) is 1. The predicted octanol–water partition coefficient (Wildman–Crippen LogP) is 2.77. The number of para-hydroxylation sites is 1. The number of hydrogen-bond acceptors (Lipinski definition) is 7. The quantitative estimate of drug-likeness (QED) is 0.415. The zero-order valence-electron chi connectivity index (χ0n) is 18.9. The number of anilines is 1. The van der Waals surface area contributed by atoms with E-state index in [1.807, 2.05) is 40.8 Å². The van der Waals surface area contributed by atoms with Gasteiger partial charge in [0.05, 0.1) is 28.8 Å². The van der Waals surface area contributed by atoms with Crippen LogP contribution in [0.2, 0.25) is 0 Å². The van der Waals surface area contributed by atoms with E-state index in [0.717, 1.165) is 29.1 Å². The summed E-state index contributed by atoms with van der Waals surface area (Å²) in [6.07, 6.45) is 3.66. The molecule has 2 fully saturated rings. The van der Waals surface area contributed by atoms with Crippen molar-refractivity contribution in [3.63, 3.8) is 0 Å². The Morgan fingerprint density at radius 3 is 2.74 bits per heavy atom. The van der Waals surface area contributed by atoms with Crippen LogP contribution in [0.4, 0.5) is 5.82 Å². The topological polar surface area (TPSA) is 88.0 Å². The fourth-order valence-electron chi connectivity index (χ4n) is 4.70. The molecule has 1 aliphatic heterocycles. The van der Waals surface area contributed by atoms with Gasteiger partial charge in [-0.1, -0.05) is 18.6 Å². The Bertz CT molecular complexity index is 1440. The SMILES string of the molecule is O=C(NCCNC1CCC1)c1c(=O)c2ccc(N3CCOCC3)nc2n2c1sc1ccccc12.